The largest absolute Gasteiger partial charge is 0.315 e. The van der Waals surface area contributed by atoms with Crippen molar-refractivity contribution in [3.8, 4) is 0 Å². The van der Waals surface area contributed by atoms with Gasteiger partial charge in [-0.25, -0.2) is 8.42 Å². The van der Waals surface area contributed by atoms with Gasteiger partial charge in [-0.2, -0.15) is 4.31 Å². The molecule has 2 aliphatic heterocycles. The van der Waals surface area contributed by atoms with E-state index >= 15 is 0 Å². The average molecular weight is 287 g/mol. The molecule has 1 aromatic carbocycles. The van der Waals surface area contributed by atoms with Crippen LogP contribution in [0.3, 0.4) is 0 Å². The van der Waals surface area contributed by atoms with E-state index in [0.717, 1.165) is 19.5 Å². The number of sulfonamides is 1. The van der Waals surface area contributed by atoms with Crippen molar-refractivity contribution in [1.29, 1.82) is 0 Å². The monoisotopic (exact) mass is 286 g/mol. The summed E-state index contributed by atoms with van der Waals surface area (Å²) in [6.07, 6.45) is 0.942. The molecule has 2 heterocycles. The predicted molar refractivity (Wildman–Crippen MR) is 70.1 cm³/mol. The number of hydrogen-bond donors (Lipinski definition) is 1. The lowest BCUT2D eigenvalue weighted by molar-refractivity contribution is 0.383. The quantitative estimate of drug-likeness (QED) is 0.892. The molecule has 3 rings (SSSR count). The maximum Gasteiger partial charge on any atom is 0.243 e. The van der Waals surface area contributed by atoms with Gasteiger partial charge in [0, 0.05) is 24.2 Å². The second kappa shape index (κ2) is 4.49. The Morgan fingerprint density at radius 3 is 2.94 bits per heavy atom. The molecule has 0 bridgehead atoms. The summed E-state index contributed by atoms with van der Waals surface area (Å²) in [6.45, 7) is 2.29. The standard InChI is InChI=1S/C12H15ClN2O2S/c13-10-2-1-3-11(6-10)18(16,17)15-5-4-9-7-14-8-12(9)15/h1-3,6,9,12,14H,4-5,7-8H2/t9-,12+/m0/s1. The number of benzene rings is 1. The number of rotatable bonds is 2. The lowest BCUT2D eigenvalue weighted by Gasteiger charge is -2.22. The summed E-state index contributed by atoms with van der Waals surface area (Å²) in [7, 11) is -3.41. The molecule has 0 aliphatic carbocycles. The van der Waals surface area contributed by atoms with E-state index < -0.39 is 10.0 Å². The number of fused-ring (bicyclic) bond motifs is 1. The van der Waals surface area contributed by atoms with E-state index in [4.69, 9.17) is 11.6 Å². The molecule has 1 aromatic rings. The summed E-state index contributed by atoms with van der Waals surface area (Å²) >= 11 is 5.87. The van der Waals surface area contributed by atoms with Crippen molar-refractivity contribution in [3.05, 3.63) is 29.3 Å². The van der Waals surface area contributed by atoms with Gasteiger partial charge in [0.15, 0.2) is 0 Å². The van der Waals surface area contributed by atoms with E-state index in [2.05, 4.69) is 5.32 Å². The second-order valence-electron chi connectivity index (χ2n) is 4.85. The number of hydrogen-bond acceptors (Lipinski definition) is 3. The summed E-state index contributed by atoms with van der Waals surface area (Å²) in [5.74, 6) is 0.457. The van der Waals surface area contributed by atoms with Crippen LogP contribution in [0.15, 0.2) is 29.2 Å². The zero-order valence-electron chi connectivity index (χ0n) is 9.84. The maximum absolute atomic E-state index is 12.6. The van der Waals surface area contributed by atoms with Crippen molar-refractivity contribution in [2.24, 2.45) is 5.92 Å². The lowest BCUT2D eigenvalue weighted by atomic mass is 10.1. The summed E-state index contributed by atoms with van der Waals surface area (Å²) < 4.78 is 26.8. The van der Waals surface area contributed by atoms with E-state index in [1.165, 1.54) is 6.07 Å². The van der Waals surface area contributed by atoms with E-state index in [9.17, 15) is 8.42 Å². The van der Waals surface area contributed by atoms with Gasteiger partial charge in [-0.05, 0) is 37.1 Å². The van der Waals surface area contributed by atoms with Crippen molar-refractivity contribution >= 4 is 21.6 Å². The zero-order valence-corrected chi connectivity index (χ0v) is 11.4. The van der Waals surface area contributed by atoms with Crippen molar-refractivity contribution in [2.75, 3.05) is 19.6 Å². The molecule has 6 heteroatoms. The molecule has 0 aromatic heterocycles. The first-order valence-corrected chi connectivity index (χ1v) is 7.89. The third kappa shape index (κ3) is 1.95. The van der Waals surface area contributed by atoms with Crippen LogP contribution in [-0.2, 0) is 10.0 Å². The van der Waals surface area contributed by atoms with Crippen LogP contribution < -0.4 is 5.32 Å². The van der Waals surface area contributed by atoms with E-state index in [1.807, 2.05) is 0 Å². The third-order valence-electron chi connectivity index (χ3n) is 3.80. The minimum Gasteiger partial charge on any atom is -0.315 e. The first-order valence-electron chi connectivity index (χ1n) is 6.07. The average Bonchev–Trinajstić information content (AvgIpc) is 2.90. The van der Waals surface area contributed by atoms with Crippen molar-refractivity contribution in [3.63, 3.8) is 0 Å². The van der Waals surface area contributed by atoms with Crippen LogP contribution in [-0.4, -0.2) is 38.4 Å². The Morgan fingerprint density at radius 2 is 2.17 bits per heavy atom. The van der Waals surface area contributed by atoms with Gasteiger partial charge in [0.2, 0.25) is 10.0 Å². The Hall–Kier alpha value is -0.620. The number of halogens is 1. The van der Waals surface area contributed by atoms with E-state index in [0.29, 0.717) is 22.4 Å². The van der Waals surface area contributed by atoms with Gasteiger partial charge in [-0.1, -0.05) is 17.7 Å². The minimum atomic E-state index is -3.41. The predicted octanol–water partition coefficient (Wildman–Crippen LogP) is 1.32. The number of nitrogens with one attached hydrogen (secondary N) is 1. The Balaban J connectivity index is 1.95. The van der Waals surface area contributed by atoms with Gasteiger partial charge in [-0.15, -0.1) is 0 Å². The van der Waals surface area contributed by atoms with Gasteiger partial charge >= 0.3 is 0 Å². The molecule has 2 atom stereocenters. The molecule has 0 unspecified atom stereocenters. The molecule has 98 valence electrons. The maximum atomic E-state index is 12.6. The van der Waals surface area contributed by atoms with Gasteiger partial charge in [0.1, 0.15) is 0 Å². The Morgan fingerprint density at radius 1 is 1.33 bits per heavy atom. The molecule has 1 N–H and O–H groups in total. The van der Waals surface area contributed by atoms with Crippen LogP contribution in [0.1, 0.15) is 6.42 Å². The van der Waals surface area contributed by atoms with E-state index in [-0.39, 0.29) is 6.04 Å². The molecule has 4 nitrogen and oxygen atoms in total. The van der Waals surface area contributed by atoms with Crippen LogP contribution in [0.25, 0.3) is 0 Å². The Kier molecular flexibility index (Phi) is 3.10. The highest BCUT2D eigenvalue weighted by molar-refractivity contribution is 7.89. The molecule has 0 spiro atoms. The van der Waals surface area contributed by atoms with Crippen LogP contribution in [0.2, 0.25) is 5.02 Å². The van der Waals surface area contributed by atoms with Gasteiger partial charge < -0.3 is 5.32 Å². The van der Waals surface area contributed by atoms with Crippen molar-refractivity contribution in [1.82, 2.24) is 9.62 Å². The second-order valence-corrected chi connectivity index (χ2v) is 7.17. The molecule has 2 fully saturated rings. The highest BCUT2D eigenvalue weighted by Gasteiger charge is 2.43. The smallest absolute Gasteiger partial charge is 0.243 e. The van der Waals surface area contributed by atoms with Crippen LogP contribution in [0, 0.1) is 5.92 Å². The SMILES string of the molecule is O=S(=O)(c1cccc(Cl)c1)N1CC[C@H]2CNC[C@H]21. The molecule has 0 radical (unpaired) electrons. The molecule has 0 amide bonds. The highest BCUT2D eigenvalue weighted by Crippen LogP contribution is 2.32. The van der Waals surface area contributed by atoms with Crippen molar-refractivity contribution in [2.45, 2.75) is 17.4 Å². The van der Waals surface area contributed by atoms with Crippen LogP contribution in [0.4, 0.5) is 0 Å². The highest BCUT2D eigenvalue weighted by atomic mass is 35.5. The van der Waals surface area contributed by atoms with Crippen molar-refractivity contribution < 1.29 is 8.42 Å². The molecule has 2 aliphatic rings. The van der Waals surface area contributed by atoms with Crippen LogP contribution >= 0.6 is 11.6 Å². The summed E-state index contributed by atoms with van der Waals surface area (Å²) in [5.41, 5.74) is 0. The Bertz CT molecular complexity index is 561. The third-order valence-corrected chi connectivity index (χ3v) is 5.95. The molecule has 2 saturated heterocycles. The first kappa shape index (κ1) is 12.4. The van der Waals surface area contributed by atoms with Gasteiger partial charge in [-0.3, -0.25) is 0 Å². The first-order chi connectivity index (χ1) is 8.59. The van der Waals surface area contributed by atoms with Crippen LogP contribution in [0.5, 0.6) is 0 Å². The fourth-order valence-electron chi connectivity index (χ4n) is 2.87. The van der Waals surface area contributed by atoms with E-state index in [1.54, 1.807) is 22.5 Å². The van der Waals surface area contributed by atoms with Gasteiger partial charge in [0.05, 0.1) is 4.90 Å². The molecule has 0 saturated carbocycles. The molecule has 18 heavy (non-hydrogen) atoms. The number of nitrogens with zero attached hydrogens (tertiary/aromatic N) is 1. The molecular weight excluding hydrogens is 272 g/mol. The zero-order chi connectivity index (χ0) is 12.8. The molecular formula is C12H15ClN2O2S. The Labute approximate surface area is 112 Å². The summed E-state index contributed by atoms with van der Waals surface area (Å²) in [5, 5.41) is 3.71. The summed E-state index contributed by atoms with van der Waals surface area (Å²) in [6, 6.07) is 6.60. The lowest BCUT2D eigenvalue weighted by Crippen LogP contribution is -2.38. The topological polar surface area (TPSA) is 49.4 Å². The summed E-state index contributed by atoms with van der Waals surface area (Å²) in [4.78, 5) is 0.294. The normalized spacial score (nSPS) is 28.5. The fraction of sp³-hybridized carbons (Fsp3) is 0.500. The van der Waals surface area contributed by atoms with Gasteiger partial charge in [0.25, 0.3) is 0 Å². The fourth-order valence-corrected chi connectivity index (χ4v) is 4.87. The minimum absolute atomic E-state index is 0.106.